The molecule has 2 heterocycles. The molecule has 1 aliphatic heterocycles. The summed E-state index contributed by atoms with van der Waals surface area (Å²) in [5.41, 5.74) is 2.78. The van der Waals surface area contributed by atoms with Gasteiger partial charge in [-0.15, -0.1) is 11.3 Å². The van der Waals surface area contributed by atoms with Gasteiger partial charge in [0.05, 0.1) is 5.69 Å². The number of halogens is 1. The molecule has 0 spiro atoms. The van der Waals surface area contributed by atoms with Gasteiger partial charge in [0.25, 0.3) is 5.91 Å². The fraction of sp³-hybridized carbons (Fsp3) is 0.308. The minimum absolute atomic E-state index is 0.000817. The summed E-state index contributed by atoms with van der Waals surface area (Å²) < 4.78 is 18.4. The first-order valence-electron chi connectivity index (χ1n) is 11.8. The maximum atomic E-state index is 13.1. The molecule has 0 bridgehead atoms. The van der Waals surface area contributed by atoms with Gasteiger partial charge in [-0.1, -0.05) is 24.3 Å². The molecule has 3 aromatic rings. The van der Waals surface area contributed by atoms with Crippen LogP contribution in [-0.2, 0) is 16.1 Å². The maximum Gasteiger partial charge on any atom is 0.410 e. The van der Waals surface area contributed by atoms with E-state index in [2.05, 4.69) is 15.6 Å². The number of hydrogen-bond donors (Lipinski definition) is 2. The molecule has 1 saturated heterocycles. The number of carbonyl (C=O) groups excluding carboxylic acids is 3. The molecule has 3 amide bonds. The average Bonchev–Trinajstić information content (AvgIpc) is 3.36. The number of thiazole rings is 1. The molecule has 1 atom stereocenters. The number of anilines is 1. The van der Waals surface area contributed by atoms with Crippen molar-refractivity contribution < 1.29 is 23.5 Å². The highest BCUT2D eigenvalue weighted by molar-refractivity contribution is 7.14. The Hall–Kier alpha value is -3.79. The van der Waals surface area contributed by atoms with E-state index in [1.807, 2.05) is 17.5 Å². The van der Waals surface area contributed by atoms with Crippen molar-refractivity contribution in [1.82, 2.24) is 15.2 Å². The van der Waals surface area contributed by atoms with E-state index in [1.54, 1.807) is 24.3 Å². The van der Waals surface area contributed by atoms with Crippen LogP contribution in [0.25, 0.3) is 11.3 Å². The van der Waals surface area contributed by atoms with Gasteiger partial charge < -0.3 is 15.4 Å². The third kappa shape index (κ3) is 5.71. The van der Waals surface area contributed by atoms with E-state index >= 15 is 0 Å². The third-order valence-electron chi connectivity index (χ3n) is 6.16. The Morgan fingerprint density at radius 1 is 1.06 bits per heavy atom. The minimum atomic E-state index is -0.651. The Bertz CT molecular complexity index is 1260. The summed E-state index contributed by atoms with van der Waals surface area (Å²) in [7, 11) is 0. The van der Waals surface area contributed by atoms with Gasteiger partial charge in [0.2, 0.25) is 5.91 Å². The Morgan fingerprint density at radius 2 is 1.81 bits per heavy atom. The molecule has 0 unspecified atom stereocenters. The van der Waals surface area contributed by atoms with Crippen molar-refractivity contribution in [3.8, 4) is 11.3 Å². The fourth-order valence-corrected chi connectivity index (χ4v) is 4.73. The van der Waals surface area contributed by atoms with Gasteiger partial charge in [-0.25, -0.2) is 14.2 Å². The van der Waals surface area contributed by atoms with Gasteiger partial charge in [0.1, 0.15) is 18.5 Å². The van der Waals surface area contributed by atoms with Crippen molar-refractivity contribution in [2.75, 3.05) is 11.9 Å². The van der Waals surface area contributed by atoms with Crippen molar-refractivity contribution in [3.63, 3.8) is 0 Å². The molecule has 10 heteroatoms. The van der Waals surface area contributed by atoms with Crippen LogP contribution in [0.2, 0.25) is 0 Å². The lowest BCUT2D eigenvalue weighted by molar-refractivity contribution is -0.120. The van der Waals surface area contributed by atoms with Crippen molar-refractivity contribution >= 4 is 34.4 Å². The molecule has 1 aliphatic carbocycles. The second-order valence-electron chi connectivity index (χ2n) is 8.88. The molecule has 8 nitrogen and oxygen atoms in total. The van der Waals surface area contributed by atoms with Crippen LogP contribution in [-0.4, -0.2) is 46.4 Å². The minimum Gasteiger partial charge on any atom is -0.445 e. The number of carbonyl (C=O) groups is 3. The number of likely N-dealkylation sites (tertiary alicyclic amines) is 1. The van der Waals surface area contributed by atoms with Gasteiger partial charge in [0, 0.05) is 29.1 Å². The highest BCUT2D eigenvalue weighted by Crippen LogP contribution is 2.27. The van der Waals surface area contributed by atoms with Crippen molar-refractivity contribution in [2.24, 2.45) is 0 Å². The predicted octanol–water partition coefficient (Wildman–Crippen LogP) is 4.58. The standard InChI is InChI=1S/C26H25FN4O4S/c27-19-9-3-16(4-10-19)14-35-26(34)31-13-1-2-22(31)24(33)30-25-29-21(15-36-25)17-5-7-18(8-6-17)23(32)28-20-11-12-20/h3-10,15,20,22H,1-2,11-14H2,(H,28,32)(H,29,30,33)/t22-/m0/s1. The lowest BCUT2D eigenvalue weighted by Gasteiger charge is -2.22. The second-order valence-corrected chi connectivity index (χ2v) is 9.74. The zero-order valence-corrected chi connectivity index (χ0v) is 20.2. The van der Waals surface area contributed by atoms with Crippen LogP contribution < -0.4 is 10.6 Å². The van der Waals surface area contributed by atoms with E-state index in [0.29, 0.717) is 47.4 Å². The van der Waals surface area contributed by atoms with Gasteiger partial charge in [0.15, 0.2) is 5.13 Å². The Labute approximate surface area is 211 Å². The Kier molecular flexibility index (Phi) is 6.95. The quantitative estimate of drug-likeness (QED) is 0.487. The number of amides is 3. The normalized spacial score (nSPS) is 17.0. The van der Waals surface area contributed by atoms with Gasteiger partial charge in [-0.3, -0.25) is 14.5 Å². The number of nitrogens with zero attached hydrogens (tertiary/aromatic N) is 2. The molecule has 186 valence electrons. The second kappa shape index (κ2) is 10.4. The number of benzene rings is 2. The van der Waals surface area contributed by atoms with Crippen molar-refractivity contribution in [2.45, 2.75) is 44.4 Å². The Balaban J connectivity index is 1.16. The van der Waals surface area contributed by atoms with Crippen LogP contribution in [0.15, 0.2) is 53.9 Å². The number of rotatable bonds is 7. The molecule has 2 aliphatic rings. The fourth-order valence-electron chi connectivity index (χ4n) is 4.01. The van der Waals surface area contributed by atoms with Crippen LogP contribution in [0.4, 0.5) is 14.3 Å². The van der Waals surface area contributed by atoms with E-state index in [9.17, 15) is 18.8 Å². The summed E-state index contributed by atoms with van der Waals surface area (Å²) in [6.07, 6.45) is 2.70. The van der Waals surface area contributed by atoms with E-state index in [4.69, 9.17) is 4.74 Å². The largest absolute Gasteiger partial charge is 0.445 e. The number of aromatic nitrogens is 1. The number of hydrogen-bond acceptors (Lipinski definition) is 6. The summed E-state index contributed by atoms with van der Waals surface area (Å²) >= 11 is 1.29. The molecular formula is C26H25FN4O4S. The zero-order chi connectivity index (χ0) is 25.1. The van der Waals surface area contributed by atoms with Crippen molar-refractivity contribution in [3.05, 3.63) is 70.9 Å². The summed E-state index contributed by atoms with van der Waals surface area (Å²) in [6.45, 7) is 0.422. The molecule has 1 saturated carbocycles. The van der Waals surface area contributed by atoms with Gasteiger partial charge in [-0.2, -0.15) is 0 Å². The van der Waals surface area contributed by atoms with Crippen LogP contribution in [0.1, 0.15) is 41.6 Å². The van der Waals surface area contributed by atoms with Crippen LogP contribution >= 0.6 is 11.3 Å². The smallest absolute Gasteiger partial charge is 0.410 e. The van der Waals surface area contributed by atoms with E-state index in [0.717, 1.165) is 18.4 Å². The molecule has 2 fully saturated rings. The summed E-state index contributed by atoms with van der Waals surface area (Å²) in [4.78, 5) is 43.6. The predicted molar refractivity (Wildman–Crippen MR) is 133 cm³/mol. The molecule has 1 aromatic heterocycles. The zero-order valence-electron chi connectivity index (χ0n) is 19.4. The highest BCUT2D eigenvalue weighted by Gasteiger charge is 2.35. The van der Waals surface area contributed by atoms with Crippen LogP contribution in [0, 0.1) is 5.82 Å². The molecule has 0 radical (unpaired) electrons. The number of ether oxygens (including phenoxy) is 1. The van der Waals surface area contributed by atoms with Crippen molar-refractivity contribution in [1.29, 1.82) is 0 Å². The molecular weight excluding hydrogens is 483 g/mol. The SMILES string of the molecule is O=C(NC1CC1)c1ccc(-c2csc(NC(=O)[C@@H]3CCCN3C(=O)OCc3ccc(F)cc3)n2)cc1. The van der Waals surface area contributed by atoms with Gasteiger partial charge in [-0.05, 0) is 55.5 Å². The lowest BCUT2D eigenvalue weighted by Crippen LogP contribution is -2.43. The number of nitrogens with one attached hydrogen (secondary N) is 2. The summed E-state index contributed by atoms with van der Waals surface area (Å²) in [6, 6.07) is 12.5. The topological polar surface area (TPSA) is 101 Å². The first kappa shape index (κ1) is 23.9. The molecule has 36 heavy (non-hydrogen) atoms. The van der Waals surface area contributed by atoms with Crippen LogP contribution in [0.3, 0.4) is 0 Å². The maximum absolute atomic E-state index is 13.1. The highest BCUT2D eigenvalue weighted by atomic mass is 32.1. The average molecular weight is 509 g/mol. The first-order valence-corrected chi connectivity index (χ1v) is 12.7. The van der Waals surface area contributed by atoms with E-state index in [1.165, 1.54) is 28.4 Å². The molecule has 2 aromatic carbocycles. The first-order chi connectivity index (χ1) is 17.5. The summed E-state index contributed by atoms with van der Waals surface area (Å²) in [5, 5.41) is 8.03. The summed E-state index contributed by atoms with van der Waals surface area (Å²) in [5.74, 6) is -0.758. The molecule has 5 rings (SSSR count). The Morgan fingerprint density at radius 3 is 2.53 bits per heavy atom. The van der Waals surface area contributed by atoms with Crippen LogP contribution in [0.5, 0.6) is 0 Å². The lowest BCUT2D eigenvalue weighted by atomic mass is 10.1. The van der Waals surface area contributed by atoms with E-state index in [-0.39, 0.29) is 24.2 Å². The van der Waals surface area contributed by atoms with E-state index < -0.39 is 12.1 Å². The molecule has 2 N–H and O–H groups in total. The van der Waals surface area contributed by atoms with Gasteiger partial charge >= 0.3 is 6.09 Å². The monoisotopic (exact) mass is 508 g/mol. The third-order valence-corrected chi connectivity index (χ3v) is 6.91.